The van der Waals surface area contributed by atoms with E-state index in [0.717, 1.165) is 23.4 Å². The van der Waals surface area contributed by atoms with E-state index in [4.69, 9.17) is 22.1 Å². The number of piperidine rings is 1. The molecule has 3 aromatic carbocycles. The number of anilines is 2. The number of nitrogens with two attached hydrogens (primary N) is 1. The minimum Gasteiger partial charge on any atom is -0.495 e. The average Bonchev–Trinajstić information content (AvgIpc) is 4.04. The summed E-state index contributed by atoms with van der Waals surface area (Å²) in [6, 6.07) is 13.0. The molecule has 6 heterocycles. The second-order valence-electron chi connectivity index (χ2n) is 19.1. The number of alkyl halides is 3. The molecule has 0 bridgehead atoms. The van der Waals surface area contributed by atoms with Crippen LogP contribution in [-0.2, 0) is 32.5 Å². The summed E-state index contributed by atoms with van der Waals surface area (Å²) >= 11 is 6.39. The number of rotatable bonds is 8. The van der Waals surface area contributed by atoms with Crippen LogP contribution >= 0.6 is 11.6 Å². The van der Waals surface area contributed by atoms with Gasteiger partial charge in [0.2, 0.25) is 17.7 Å². The average molecular weight is 930 g/mol. The largest absolute Gasteiger partial charge is 0.495 e. The highest BCUT2D eigenvalue weighted by atomic mass is 35.5. The lowest BCUT2D eigenvalue weighted by atomic mass is 9.63. The number of carbonyl (C=O) groups is 5. The van der Waals surface area contributed by atoms with Crippen molar-refractivity contribution in [2.75, 3.05) is 37.0 Å². The second kappa shape index (κ2) is 16.3. The number of likely N-dealkylation sites (tertiary alicyclic amines) is 1. The predicted octanol–water partition coefficient (Wildman–Crippen LogP) is 6.92. The van der Waals surface area contributed by atoms with E-state index >= 15 is 4.39 Å². The van der Waals surface area contributed by atoms with Crippen LogP contribution in [0.2, 0.25) is 5.02 Å². The van der Waals surface area contributed by atoms with Crippen LogP contribution in [0.1, 0.15) is 107 Å². The summed E-state index contributed by atoms with van der Waals surface area (Å²) < 4.78 is 64.6. The lowest BCUT2D eigenvalue weighted by Crippen LogP contribution is -2.52. The van der Waals surface area contributed by atoms with Gasteiger partial charge in [0.05, 0.1) is 17.8 Å². The molecular weight excluding hydrogens is 882 g/mol. The number of imide groups is 1. The van der Waals surface area contributed by atoms with Crippen molar-refractivity contribution in [2.45, 2.75) is 94.6 Å². The molecule has 13 nitrogen and oxygen atoms in total. The summed E-state index contributed by atoms with van der Waals surface area (Å²) in [5.41, 5.74) is 6.90. The van der Waals surface area contributed by atoms with Crippen molar-refractivity contribution < 1.29 is 46.3 Å². The van der Waals surface area contributed by atoms with E-state index in [0.29, 0.717) is 48.3 Å². The van der Waals surface area contributed by atoms with E-state index < -0.39 is 64.4 Å². The highest BCUT2D eigenvalue weighted by Crippen LogP contribution is 2.61. The van der Waals surface area contributed by atoms with Gasteiger partial charge in [0.1, 0.15) is 29.3 Å². The molecule has 6 atom stereocenters. The van der Waals surface area contributed by atoms with E-state index in [9.17, 15) is 37.1 Å². The summed E-state index contributed by atoms with van der Waals surface area (Å²) in [5, 5.41) is 5.27. The third-order valence-electron chi connectivity index (χ3n) is 14.0. The predicted molar refractivity (Wildman–Crippen MR) is 236 cm³/mol. The summed E-state index contributed by atoms with van der Waals surface area (Å²) in [5.74, 6) is -3.95. The Morgan fingerprint density at radius 3 is 2.50 bits per heavy atom. The van der Waals surface area contributed by atoms with Gasteiger partial charge in [0, 0.05) is 84.5 Å². The number of amides is 5. The van der Waals surface area contributed by atoms with Crippen LogP contribution in [-0.4, -0.2) is 89.2 Å². The first kappa shape index (κ1) is 44.9. The molecule has 5 aliphatic rings. The van der Waals surface area contributed by atoms with E-state index in [1.807, 2.05) is 32.9 Å². The summed E-state index contributed by atoms with van der Waals surface area (Å²) in [6.07, 6.45) is -2.20. The second-order valence-corrected chi connectivity index (χ2v) is 19.5. The van der Waals surface area contributed by atoms with Crippen molar-refractivity contribution in [3.8, 4) is 5.75 Å². The normalized spacial score (nSPS) is 25.0. The van der Waals surface area contributed by atoms with Crippen LogP contribution in [0.15, 0.2) is 66.9 Å². The molecule has 4 aromatic rings. The number of benzene rings is 3. The first-order valence-corrected chi connectivity index (χ1v) is 22.2. The molecule has 4 N–H and O–H groups in total. The van der Waals surface area contributed by atoms with Gasteiger partial charge in [-0.3, -0.25) is 34.3 Å². The van der Waals surface area contributed by atoms with Gasteiger partial charge < -0.3 is 30.5 Å². The number of ether oxygens (including phenoxy) is 1. The number of pyridine rings is 1. The van der Waals surface area contributed by atoms with Crippen LogP contribution in [0.4, 0.5) is 28.9 Å². The number of hydrogen-bond acceptors (Lipinski definition) is 9. The molecule has 5 aliphatic heterocycles. The zero-order valence-corrected chi connectivity index (χ0v) is 37.4. The van der Waals surface area contributed by atoms with Gasteiger partial charge >= 0.3 is 6.18 Å². The number of nitrogens with zero attached hydrogens (tertiary/aromatic N) is 4. The van der Waals surface area contributed by atoms with Crippen molar-refractivity contribution in [1.29, 1.82) is 0 Å². The molecule has 18 heteroatoms. The fourth-order valence-electron chi connectivity index (χ4n) is 11.1. The topological polar surface area (TPSA) is 167 Å². The Morgan fingerprint density at radius 1 is 1.03 bits per heavy atom. The molecule has 1 unspecified atom stereocenters. The quantitative estimate of drug-likeness (QED) is 0.126. The number of methoxy groups -OCH3 is 1. The van der Waals surface area contributed by atoms with Crippen LogP contribution in [0.3, 0.4) is 0 Å². The van der Waals surface area contributed by atoms with Crippen molar-refractivity contribution in [2.24, 2.45) is 11.1 Å². The van der Waals surface area contributed by atoms with Gasteiger partial charge in [-0.1, -0.05) is 56.6 Å². The van der Waals surface area contributed by atoms with Gasteiger partial charge in [-0.15, -0.1) is 0 Å². The van der Waals surface area contributed by atoms with Crippen LogP contribution in [0, 0.1) is 11.2 Å². The number of nitrogens with one attached hydrogen (secondary N) is 2. The van der Waals surface area contributed by atoms with Gasteiger partial charge in [0.15, 0.2) is 0 Å². The smallest absolute Gasteiger partial charge is 0.433 e. The monoisotopic (exact) mass is 929 g/mol. The van der Waals surface area contributed by atoms with Crippen molar-refractivity contribution in [1.82, 2.24) is 20.1 Å². The van der Waals surface area contributed by atoms with E-state index in [2.05, 4.69) is 15.6 Å². The number of aromatic nitrogens is 1. The van der Waals surface area contributed by atoms with Gasteiger partial charge in [-0.2, -0.15) is 13.2 Å². The third kappa shape index (κ3) is 7.48. The fraction of sp³-hybridized carbons (Fsp3) is 0.417. The van der Waals surface area contributed by atoms with Crippen molar-refractivity contribution >= 4 is 52.5 Å². The zero-order valence-electron chi connectivity index (χ0n) is 36.6. The molecule has 5 amide bonds. The molecule has 0 saturated carbocycles. The van der Waals surface area contributed by atoms with Crippen molar-refractivity contribution in [3.05, 3.63) is 117 Å². The Morgan fingerprint density at radius 2 is 1.80 bits per heavy atom. The first-order valence-electron chi connectivity index (χ1n) is 21.8. The van der Waals surface area contributed by atoms with Gasteiger partial charge in [0.25, 0.3) is 11.8 Å². The molecule has 0 aliphatic carbocycles. The van der Waals surface area contributed by atoms with Gasteiger partial charge in [-0.05, 0) is 77.8 Å². The Kier molecular flexibility index (Phi) is 11.1. The first-order chi connectivity index (χ1) is 31.2. The Balaban J connectivity index is 1.05. The Labute approximate surface area is 383 Å². The molecule has 346 valence electrons. The van der Waals surface area contributed by atoms with Gasteiger partial charge in [-0.25, -0.2) is 4.39 Å². The number of hydrogen-bond donors (Lipinski definition) is 3. The highest BCUT2D eigenvalue weighted by molar-refractivity contribution is 6.30. The summed E-state index contributed by atoms with van der Waals surface area (Å²) in [7, 11) is 1.42. The number of fused-ring (bicyclic) bond motifs is 3. The lowest BCUT2D eigenvalue weighted by molar-refractivity contribution is -0.141. The number of halogens is 5. The Bertz CT molecular complexity index is 2710. The highest BCUT2D eigenvalue weighted by Gasteiger charge is 2.66. The fourth-order valence-corrected chi connectivity index (χ4v) is 11.3. The number of carbonyl (C=O) groups excluding carboxylic acids is 5. The molecule has 3 saturated heterocycles. The van der Waals surface area contributed by atoms with E-state index in [1.165, 1.54) is 24.1 Å². The lowest BCUT2D eigenvalue weighted by Gasteiger charge is -2.41. The maximum absolute atomic E-state index is 16.5. The maximum atomic E-state index is 16.5. The van der Waals surface area contributed by atoms with E-state index in [-0.39, 0.29) is 71.6 Å². The summed E-state index contributed by atoms with van der Waals surface area (Å²) in [6.45, 7) is 7.00. The molecular formula is C48H48ClF4N7O6. The SMILES string of the molecule is COc1cc(C(=O)N2CC[C@H](c3ccc4c(c3)CN(C3CCC(=O)NC3=O)C4=O)C2)ccc1N1[C@@H](CC(C)(C)C)[C@@]2(CNc3cc(C(F)(F)F)ncc32)[C@@H](c2cccc(Cl)c2F)[C@@H]1C(N)=O. The van der Waals surface area contributed by atoms with Crippen LogP contribution < -0.4 is 26.0 Å². The van der Waals surface area contributed by atoms with Crippen molar-refractivity contribution in [3.63, 3.8) is 0 Å². The standard InChI is InChI=1S/C48H48ClF4N7O6/c1-46(2,3)19-37-47(23-56-32-18-36(48(51,52)53)55-20-30(32)47)39(29-6-5-7-31(49)40(29)50)41(42(54)62)60(37)33-11-9-25(17-35(33)66-4)44(64)58-15-14-26(21-58)24-8-10-28-27(16-24)22-59(45(28)65)34-12-13-38(61)57-43(34)63/h5-11,16-18,20,26,34,37,39,41,56H,12-15,19,21-23H2,1-4H3,(H2,54,62)(H,57,61,63)/t26-,34?,37-,39-,41+,47-/m0/s1. The Hall–Kier alpha value is -6.23. The summed E-state index contributed by atoms with van der Waals surface area (Å²) in [4.78, 5) is 74.9. The minimum absolute atomic E-state index is 0.00337. The van der Waals surface area contributed by atoms with Crippen LogP contribution in [0.5, 0.6) is 5.75 Å². The molecule has 9 rings (SSSR count). The number of primary amides is 1. The minimum atomic E-state index is -4.75. The third-order valence-corrected chi connectivity index (χ3v) is 14.3. The maximum Gasteiger partial charge on any atom is 0.433 e. The molecule has 1 aromatic heterocycles. The molecule has 66 heavy (non-hydrogen) atoms. The van der Waals surface area contributed by atoms with E-state index in [1.54, 1.807) is 40.1 Å². The molecule has 3 fully saturated rings. The van der Waals surface area contributed by atoms with Crippen LogP contribution in [0.25, 0.3) is 0 Å². The molecule has 0 radical (unpaired) electrons. The zero-order chi connectivity index (χ0) is 47.2. The molecule has 1 spiro atoms.